The summed E-state index contributed by atoms with van der Waals surface area (Å²) in [7, 11) is 1.36. The topological polar surface area (TPSA) is 46.6 Å². The first-order chi connectivity index (χ1) is 10.6. The van der Waals surface area contributed by atoms with Gasteiger partial charge in [0, 0.05) is 11.3 Å². The van der Waals surface area contributed by atoms with E-state index < -0.39 is 0 Å². The molecule has 0 radical (unpaired) electrons. The molecule has 0 fully saturated rings. The van der Waals surface area contributed by atoms with Gasteiger partial charge in [0.15, 0.2) is 0 Å². The number of anilines is 1. The van der Waals surface area contributed by atoms with E-state index in [4.69, 9.17) is 4.74 Å². The van der Waals surface area contributed by atoms with E-state index in [9.17, 15) is 9.59 Å². The van der Waals surface area contributed by atoms with Gasteiger partial charge in [-0.25, -0.2) is 0 Å². The smallest absolute Gasteiger partial charge is 0.307 e. The Kier molecular flexibility index (Phi) is 3.67. The monoisotopic (exact) mass is 295 g/mol. The van der Waals surface area contributed by atoms with Crippen molar-refractivity contribution < 1.29 is 14.3 Å². The fraction of sp³-hybridized carbons (Fsp3) is 0.222. The van der Waals surface area contributed by atoms with Crippen molar-refractivity contribution in [2.24, 2.45) is 0 Å². The summed E-state index contributed by atoms with van der Waals surface area (Å²) in [5.74, 6) is -0.403. The van der Waals surface area contributed by atoms with Crippen LogP contribution in [-0.4, -0.2) is 19.0 Å². The zero-order valence-corrected chi connectivity index (χ0v) is 12.6. The molecule has 1 amide bonds. The summed E-state index contributed by atoms with van der Waals surface area (Å²) < 4.78 is 4.79. The average Bonchev–Trinajstić information content (AvgIpc) is 2.81. The fourth-order valence-corrected chi connectivity index (χ4v) is 2.84. The maximum atomic E-state index is 12.7. The molecule has 0 spiro atoms. The second kappa shape index (κ2) is 5.64. The van der Waals surface area contributed by atoms with Crippen molar-refractivity contribution in [2.75, 3.05) is 12.0 Å². The number of benzene rings is 2. The number of aryl methyl sites for hydroxylation is 1. The highest BCUT2D eigenvalue weighted by Crippen LogP contribution is 2.39. The minimum absolute atomic E-state index is 0.0756. The van der Waals surface area contributed by atoms with Crippen LogP contribution in [0.2, 0.25) is 0 Å². The Morgan fingerprint density at radius 1 is 1.14 bits per heavy atom. The molecule has 0 N–H and O–H groups in total. The molecule has 0 saturated carbocycles. The van der Waals surface area contributed by atoms with Gasteiger partial charge in [-0.1, -0.05) is 35.9 Å². The van der Waals surface area contributed by atoms with E-state index in [1.807, 2.05) is 49.4 Å². The normalized spacial score (nSPS) is 16.5. The summed E-state index contributed by atoms with van der Waals surface area (Å²) in [6.07, 6.45) is 0.146. The third-order valence-electron chi connectivity index (χ3n) is 3.98. The Labute approximate surface area is 129 Å². The number of hydrogen-bond acceptors (Lipinski definition) is 3. The minimum atomic E-state index is -0.327. The van der Waals surface area contributed by atoms with Crippen molar-refractivity contribution in [2.45, 2.75) is 19.4 Å². The SMILES string of the molecule is COC(=O)CC1c2ccccc2C(=O)N1c1ccc(C)cc1. The van der Waals surface area contributed by atoms with Gasteiger partial charge < -0.3 is 9.64 Å². The third kappa shape index (κ3) is 2.37. The maximum absolute atomic E-state index is 12.7. The lowest BCUT2D eigenvalue weighted by atomic mass is 10.0. The molecule has 22 heavy (non-hydrogen) atoms. The lowest BCUT2D eigenvalue weighted by molar-refractivity contribution is -0.141. The second-order valence-electron chi connectivity index (χ2n) is 5.39. The first kappa shape index (κ1) is 14.3. The van der Waals surface area contributed by atoms with Crippen molar-refractivity contribution in [1.82, 2.24) is 0 Å². The summed E-state index contributed by atoms with van der Waals surface area (Å²) in [5.41, 5.74) is 3.44. The van der Waals surface area contributed by atoms with Crippen LogP contribution in [-0.2, 0) is 9.53 Å². The highest BCUT2D eigenvalue weighted by molar-refractivity contribution is 6.11. The number of amides is 1. The molecular formula is C18H17NO3. The number of hydrogen-bond donors (Lipinski definition) is 0. The third-order valence-corrected chi connectivity index (χ3v) is 3.98. The van der Waals surface area contributed by atoms with E-state index in [0.717, 1.165) is 16.8 Å². The molecule has 0 aromatic heterocycles. The molecular weight excluding hydrogens is 278 g/mol. The average molecular weight is 295 g/mol. The van der Waals surface area contributed by atoms with Crippen LogP contribution in [0.15, 0.2) is 48.5 Å². The van der Waals surface area contributed by atoms with Crippen LogP contribution < -0.4 is 4.90 Å². The van der Waals surface area contributed by atoms with E-state index in [-0.39, 0.29) is 24.3 Å². The van der Waals surface area contributed by atoms with Gasteiger partial charge in [-0.05, 0) is 30.7 Å². The summed E-state index contributed by atoms with van der Waals surface area (Å²) in [4.78, 5) is 26.2. The molecule has 2 aromatic carbocycles. The zero-order valence-electron chi connectivity index (χ0n) is 12.6. The molecule has 0 bridgehead atoms. The second-order valence-corrected chi connectivity index (χ2v) is 5.39. The molecule has 1 heterocycles. The van der Waals surface area contributed by atoms with Gasteiger partial charge in [0.25, 0.3) is 5.91 Å². The van der Waals surface area contributed by atoms with E-state index in [0.29, 0.717) is 5.56 Å². The fourth-order valence-electron chi connectivity index (χ4n) is 2.84. The van der Waals surface area contributed by atoms with Gasteiger partial charge in [-0.3, -0.25) is 9.59 Å². The molecule has 2 aromatic rings. The number of rotatable bonds is 3. The van der Waals surface area contributed by atoms with Crippen molar-refractivity contribution in [3.05, 3.63) is 65.2 Å². The van der Waals surface area contributed by atoms with Crippen LogP contribution in [0.1, 0.15) is 33.9 Å². The molecule has 0 saturated heterocycles. The summed E-state index contributed by atoms with van der Waals surface area (Å²) in [5, 5.41) is 0. The Morgan fingerprint density at radius 2 is 1.82 bits per heavy atom. The van der Waals surface area contributed by atoms with Gasteiger partial charge >= 0.3 is 5.97 Å². The number of nitrogens with zero attached hydrogens (tertiary/aromatic N) is 1. The Hall–Kier alpha value is -2.62. The Morgan fingerprint density at radius 3 is 2.50 bits per heavy atom. The van der Waals surface area contributed by atoms with Crippen LogP contribution >= 0.6 is 0 Å². The Balaban J connectivity index is 2.05. The van der Waals surface area contributed by atoms with Gasteiger partial charge in [0.1, 0.15) is 0 Å². The van der Waals surface area contributed by atoms with Crippen LogP contribution in [0.3, 0.4) is 0 Å². The first-order valence-corrected chi connectivity index (χ1v) is 7.18. The zero-order chi connectivity index (χ0) is 15.7. The number of ether oxygens (including phenoxy) is 1. The molecule has 1 aliphatic rings. The number of carbonyl (C=O) groups excluding carboxylic acids is 2. The quantitative estimate of drug-likeness (QED) is 0.817. The Bertz CT molecular complexity index is 721. The molecule has 1 aliphatic heterocycles. The number of methoxy groups -OCH3 is 1. The van der Waals surface area contributed by atoms with Crippen LogP contribution in [0.4, 0.5) is 5.69 Å². The van der Waals surface area contributed by atoms with Gasteiger partial charge in [0.05, 0.1) is 19.6 Å². The number of fused-ring (bicyclic) bond motifs is 1. The number of esters is 1. The predicted octanol–water partition coefficient (Wildman–Crippen LogP) is 3.26. The summed E-state index contributed by atoms with van der Waals surface area (Å²) >= 11 is 0. The molecule has 0 aliphatic carbocycles. The molecule has 112 valence electrons. The van der Waals surface area contributed by atoms with Gasteiger partial charge in [0.2, 0.25) is 0 Å². The number of carbonyl (C=O) groups is 2. The van der Waals surface area contributed by atoms with E-state index in [1.54, 1.807) is 11.0 Å². The van der Waals surface area contributed by atoms with Crippen molar-refractivity contribution in [3.8, 4) is 0 Å². The van der Waals surface area contributed by atoms with Crippen LogP contribution in [0.5, 0.6) is 0 Å². The van der Waals surface area contributed by atoms with E-state index in [2.05, 4.69) is 0 Å². The maximum Gasteiger partial charge on any atom is 0.307 e. The van der Waals surface area contributed by atoms with Gasteiger partial charge in [-0.15, -0.1) is 0 Å². The first-order valence-electron chi connectivity index (χ1n) is 7.18. The highest BCUT2D eigenvalue weighted by atomic mass is 16.5. The predicted molar refractivity (Wildman–Crippen MR) is 83.8 cm³/mol. The lowest BCUT2D eigenvalue weighted by Crippen LogP contribution is -2.29. The van der Waals surface area contributed by atoms with Crippen molar-refractivity contribution in [3.63, 3.8) is 0 Å². The molecule has 3 rings (SSSR count). The van der Waals surface area contributed by atoms with Crippen LogP contribution in [0.25, 0.3) is 0 Å². The lowest BCUT2D eigenvalue weighted by Gasteiger charge is -2.24. The van der Waals surface area contributed by atoms with Crippen molar-refractivity contribution >= 4 is 17.6 Å². The minimum Gasteiger partial charge on any atom is -0.469 e. The van der Waals surface area contributed by atoms with E-state index >= 15 is 0 Å². The van der Waals surface area contributed by atoms with Gasteiger partial charge in [-0.2, -0.15) is 0 Å². The van der Waals surface area contributed by atoms with Crippen LogP contribution in [0, 0.1) is 6.92 Å². The molecule has 1 atom stereocenters. The standard InChI is InChI=1S/C18H17NO3/c1-12-7-9-13(10-8-12)19-16(11-17(20)22-2)14-5-3-4-6-15(14)18(19)21/h3-10,16H,11H2,1-2H3. The molecule has 4 heteroatoms. The summed E-state index contributed by atoms with van der Waals surface area (Å²) in [6, 6.07) is 14.8. The molecule has 1 unspecified atom stereocenters. The highest BCUT2D eigenvalue weighted by Gasteiger charge is 2.38. The molecule has 4 nitrogen and oxygen atoms in total. The largest absolute Gasteiger partial charge is 0.469 e. The van der Waals surface area contributed by atoms with Crippen molar-refractivity contribution in [1.29, 1.82) is 0 Å². The summed E-state index contributed by atoms with van der Waals surface area (Å²) in [6.45, 7) is 2.00. The van der Waals surface area contributed by atoms with E-state index in [1.165, 1.54) is 7.11 Å².